The Morgan fingerprint density at radius 2 is 1.72 bits per heavy atom. The lowest BCUT2D eigenvalue weighted by molar-refractivity contribution is -0.138. The number of benzene rings is 2. The van der Waals surface area contributed by atoms with Gasteiger partial charge >= 0.3 is 6.18 Å². The monoisotopic (exact) mass is 480 g/mol. The molecule has 0 unspecified atom stereocenters. The number of hydrogen-bond donors (Lipinski definition) is 0. The summed E-state index contributed by atoms with van der Waals surface area (Å²) in [5, 5.41) is 0. The van der Waals surface area contributed by atoms with Crippen molar-refractivity contribution in [1.82, 2.24) is 0 Å². The summed E-state index contributed by atoms with van der Waals surface area (Å²) >= 11 is 6.22. The minimum Gasteiger partial charge on any atom is -0.497 e. The molecule has 0 radical (unpaired) electrons. The van der Waals surface area contributed by atoms with Crippen LogP contribution in [0.3, 0.4) is 0 Å². The average molecular weight is 482 g/mol. The Morgan fingerprint density at radius 1 is 1.04 bits per heavy atom. The fourth-order valence-corrected chi connectivity index (χ4v) is 2.18. The maximum absolute atomic E-state index is 13.3. The van der Waals surface area contributed by atoms with Crippen LogP contribution in [0.15, 0.2) is 51.9 Å². The second-order valence-corrected chi connectivity index (χ2v) is 7.51. The third-order valence-corrected chi connectivity index (χ3v) is 3.66. The topological polar surface area (TPSA) is 27.7 Å². The van der Waals surface area contributed by atoms with E-state index in [0.29, 0.717) is 14.9 Å². The summed E-state index contributed by atoms with van der Waals surface area (Å²) in [5.41, 5.74) is -0.910. The van der Waals surface area contributed by atoms with E-state index in [-0.39, 0.29) is 18.1 Å². The molecule has 0 amide bonds. The van der Waals surface area contributed by atoms with Crippen molar-refractivity contribution in [3.8, 4) is 23.0 Å². The second-order valence-electron chi connectivity index (χ2n) is 4.74. The highest BCUT2D eigenvalue weighted by molar-refractivity contribution is 9.28. The van der Waals surface area contributed by atoms with Crippen LogP contribution in [0.2, 0.25) is 0 Å². The smallest absolute Gasteiger partial charge is 0.420 e. The lowest BCUT2D eigenvalue weighted by Crippen LogP contribution is -2.09. The van der Waals surface area contributed by atoms with Gasteiger partial charge in [-0.05, 0) is 68.3 Å². The van der Waals surface area contributed by atoms with Crippen LogP contribution < -0.4 is 14.2 Å². The molecule has 2 rings (SSSR count). The molecule has 2 aromatic carbocycles. The van der Waals surface area contributed by atoms with Gasteiger partial charge in [0, 0.05) is 6.07 Å². The number of rotatable bonds is 6. The average Bonchev–Trinajstić information content (AvgIpc) is 2.55. The fraction of sp³-hybridized carbons (Fsp3) is 0.176. The molecule has 0 aliphatic carbocycles. The van der Waals surface area contributed by atoms with Gasteiger partial charge in [-0.25, -0.2) is 0 Å². The first-order valence-electron chi connectivity index (χ1n) is 6.96. The maximum atomic E-state index is 13.3. The van der Waals surface area contributed by atoms with Crippen molar-refractivity contribution in [2.24, 2.45) is 0 Å². The van der Waals surface area contributed by atoms with Gasteiger partial charge in [-0.3, -0.25) is 0 Å². The predicted octanol–water partition coefficient (Wildman–Crippen LogP) is 6.52. The van der Waals surface area contributed by atoms with E-state index in [1.54, 1.807) is 30.3 Å². The first kappa shape index (κ1) is 19.7. The van der Waals surface area contributed by atoms with Gasteiger partial charge in [-0.15, -0.1) is 0 Å². The molecule has 0 atom stereocenters. The molecule has 0 bridgehead atoms. The molecule has 0 aliphatic heterocycles. The quantitative estimate of drug-likeness (QED) is 0.470. The number of methoxy groups -OCH3 is 1. The minimum absolute atomic E-state index is 0.0228. The van der Waals surface area contributed by atoms with Crippen LogP contribution in [0.25, 0.3) is 0 Å². The summed E-state index contributed by atoms with van der Waals surface area (Å²) in [6.45, 7) is -0.0228. The van der Waals surface area contributed by atoms with E-state index in [2.05, 4.69) is 31.9 Å². The molecule has 0 spiro atoms. The first-order valence-corrected chi connectivity index (χ1v) is 8.55. The van der Waals surface area contributed by atoms with E-state index in [9.17, 15) is 13.2 Å². The molecule has 25 heavy (non-hydrogen) atoms. The van der Waals surface area contributed by atoms with Crippen molar-refractivity contribution in [1.29, 1.82) is 0 Å². The lowest BCUT2D eigenvalue weighted by Gasteiger charge is -2.15. The highest BCUT2D eigenvalue weighted by atomic mass is 79.9. The Labute approximate surface area is 159 Å². The molecule has 8 heteroatoms. The van der Waals surface area contributed by atoms with Crippen LogP contribution in [0.1, 0.15) is 5.56 Å². The molecule has 0 N–H and O–H groups in total. The summed E-state index contributed by atoms with van der Waals surface area (Å²) in [5.74, 6) is 0.682. The molecule has 0 aromatic heterocycles. The van der Waals surface area contributed by atoms with Crippen molar-refractivity contribution in [3.63, 3.8) is 0 Å². The number of halogens is 5. The van der Waals surface area contributed by atoms with Crippen LogP contribution in [0.5, 0.6) is 23.0 Å². The van der Waals surface area contributed by atoms with Gasteiger partial charge in [-0.2, -0.15) is 13.2 Å². The largest absolute Gasteiger partial charge is 0.497 e. The highest BCUT2D eigenvalue weighted by Crippen LogP contribution is 2.39. The zero-order valence-electron chi connectivity index (χ0n) is 12.9. The first-order chi connectivity index (χ1) is 11.8. The van der Waals surface area contributed by atoms with E-state index in [1.807, 2.05) is 0 Å². The molecule has 3 nitrogen and oxygen atoms in total. The normalized spacial score (nSPS) is 11.0. The van der Waals surface area contributed by atoms with E-state index in [0.717, 1.165) is 6.07 Å². The maximum Gasteiger partial charge on any atom is 0.420 e. The number of alkyl halides is 3. The van der Waals surface area contributed by atoms with Crippen LogP contribution in [0.4, 0.5) is 13.2 Å². The molecule has 0 aliphatic rings. The molecule has 0 fully saturated rings. The van der Waals surface area contributed by atoms with Crippen LogP contribution in [-0.4, -0.2) is 13.7 Å². The van der Waals surface area contributed by atoms with Gasteiger partial charge in [-0.1, -0.05) is 6.07 Å². The van der Waals surface area contributed by atoms with E-state index in [4.69, 9.17) is 14.2 Å². The van der Waals surface area contributed by atoms with E-state index >= 15 is 0 Å². The van der Waals surface area contributed by atoms with Gasteiger partial charge in [0.2, 0.25) is 0 Å². The number of ether oxygens (including phenoxy) is 3. The van der Waals surface area contributed by atoms with Crippen LogP contribution in [0, 0.1) is 0 Å². The minimum atomic E-state index is -4.57. The van der Waals surface area contributed by atoms with Gasteiger partial charge in [0.1, 0.15) is 35.2 Å². The third-order valence-electron chi connectivity index (χ3n) is 3.01. The van der Waals surface area contributed by atoms with E-state index < -0.39 is 11.7 Å². The van der Waals surface area contributed by atoms with Crippen LogP contribution in [-0.2, 0) is 6.18 Å². The zero-order chi connectivity index (χ0) is 18.4. The SMILES string of the molecule is COc1cccc(Oc2ccc(OCC=C(Br)Br)c(C(F)(F)F)c2)c1. The number of hydrogen-bond acceptors (Lipinski definition) is 3. The Balaban J connectivity index is 2.27. The Bertz CT molecular complexity index is 757. The van der Waals surface area contributed by atoms with Crippen molar-refractivity contribution in [2.75, 3.05) is 13.7 Å². The summed E-state index contributed by atoms with van der Waals surface area (Å²) in [6.07, 6.45) is -3.03. The van der Waals surface area contributed by atoms with Gasteiger partial charge in [0.25, 0.3) is 0 Å². The molecular weight excluding hydrogens is 469 g/mol. The highest BCUT2D eigenvalue weighted by Gasteiger charge is 2.35. The lowest BCUT2D eigenvalue weighted by atomic mass is 10.2. The van der Waals surface area contributed by atoms with Gasteiger partial charge in [0.15, 0.2) is 0 Å². The van der Waals surface area contributed by atoms with Gasteiger partial charge in [0.05, 0.1) is 10.5 Å². The van der Waals surface area contributed by atoms with E-state index in [1.165, 1.54) is 19.2 Å². The van der Waals surface area contributed by atoms with Crippen molar-refractivity contribution in [3.05, 3.63) is 57.5 Å². The summed E-state index contributed by atoms with van der Waals surface area (Å²) in [7, 11) is 1.49. The van der Waals surface area contributed by atoms with Crippen molar-refractivity contribution in [2.45, 2.75) is 6.18 Å². The second kappa shape index (κ2) is 8.62. The fourth-order valence-electron chi connectivity index (χ4n) is 1.92. The Kier molecular flexibility index (Phi) is 6.78. The summed E-state index contributed by atoms with van der Waals surface area (Å²) in [4.78, 5) is 0. The molecule has 2 aromatic rings. The summed E-state index contributed by atoms with van der Waals surface area (Å²) in [6, 6.07) is 10.1. The summed E-state index contributed by atoms with van der Waals surface area (Å²) < 4.78 is 56.2. The standard InChI is InChI=1S/C17H13Br2F3O3/c1-23-11-3-2-4-12(9-11)25-13-5-6-15(24-8-7-16(18)19)14(10-13)17(20,21)22/h2-7,9-10H,8H2,1H3. The molecule has 0 heterocycles. The third kappa shape index (κ3) is 5.97. The predicted molar refractivity (Wildman–Crippen MR) is 95.9 cm³/mol. The Hall–Kier alpha value is -1.67. The molecule has 0 saturated carbocycles. The molecule has 134 valence electrons. The van der Waals surface area contributed by atoms with Crippen molar-refractivity contribution < 1.29 is 27.4 Å². The Morgan fingerprint density at radius 3 is 2.36 bits per heavy atom. The molecular formula is C17H13Br2F3O3. The zero-order valence-corrected chi connectivity index (χ0v) is 16.1. The van der Waals surface area contributed by atoms with Crippen LogP contribution >= 0.6 is 31.9 Å². The van der Waals surface area contributed by atoms with Gasteiger partial charge < -0.3 is 14.2 Å². The molecule has 0 saturated heterocycles. The van der Waals surface area contributed by atoms with Crippen molar-refractivity contribution >= 4 is 31.9 Å².